The van der Waals surface area contributed by atoms with Crippen molar-refractivity contribution in [2.45, 2.75) is 43.7 Å². The van der Waals surface area contributed by atoms with Gasteiger partial charge in [0.2, 0.25) is 0 Å². The topological polar surface area (TPSA) is 52.7 Å². The fourth-order valence-electron chi connectivity index (χ4n) is 3.14. The Morgan fingerprint density at radius 2 is 2.12 bits per heavy atom. The van der Waals surface area contributed by atoms with Crippen molar-refractivity contribution in [1.29, 1.82) is 0 Å². The van der Waals surface area contributed by atoms with Crippen molar-refractivity contribution in [3.05, 3.63) is 0 Å². The molecule has 100 valence electrons. The van der Waals surface area contributed by atoms with Crippen molar-refractivity contribution >= 4 is 0 Å². The minimum atomic E-state index is -0.313. The molecule has 1 saturated heterocycles. The average molecular weight is 241 g/mol. The SMILES string of the molecule is CN(CCN1CCCC1)C1CCC(N)(CO)C1. The van der Waals surface area contributed by atoms with E-state index in [1.807, 2.05) is 0 Å². The first-order valence-electron chi connectivity index (χ1n) is 6.95. The zero-order valence-electron chi connectivity index (χ0n) is 11.1. The fourth-order valence-corrected chi connectivity index (χ4v) is 3.14. The summed E-state index contributed by atoms with van der Waals surface area (Å²) in [6.07, 6.45) is 5.77. The number of likely N-dealkylation sites (N-methyl/N-ethyl adjacent to an activating group) is 1. The van der Waals surface area contributed by atoms with Crippen LogP contribution in [0.3, 0.4) is 0 Å². The second kappa shape index (κ2) is 5.65. The van der Waals surface area contributed by atoms with E-state index in [2.05, 4.69) is 16.8 Å². The third kappa shape index (κ3) is 3.41. The van der Waals surface area contributed by atoms with E-state index >= 15 is 0 Å². The predicted molar refractivity (Wildman–Crippen MR) is 69.9 cm³/mol. The predicted octanol–water partition coefficient (Wildman–Crippen LogP) is 0.256. The maximum atomic E-state index is 9.28. The molecule has 0 bridgehead atoms. The van der Waals surface area contributed by atoms with E-state index in [4.69, 9.17) is 5.73 Å². The van der Waals surface area contributed by atoms with Crippen LogP contribution in [0.15, 0.2) is 0 Å². The number of nitrogens with zero attached hydrogens (tertiary/aromatic N) is 2. The molecule has 2 aliphatic rings. The van der Waals surface area contributed by atoms with E-state index in [0.29, 0.717) is 6.04 Å². The highest BCUT2D eigenvalue weighted by atomic mass is 16.3. The summed E-state index contributed by atoms with van der Waals surface area (Å²) >= 11 is 0. The molecule has 2 fully saturated rings. The number of hydrogen-bond donors (Lipinski definition) is 2. The van der Waals surface area contributed by atoms with Crippen molar-refractivity contribution in [3.8, 4) is 0 Å². The molecule has 1 aliphatic carbocycles. The molecule has 0 aromatic heterocycles. The summed E-state index contributed by atoms with van der Waals surface area (Å²) < 4.78 is 0. The molecule has 2 atom stereocenters. The van der Waals surface area contributed by atoms with E-state index < -0.39 is 0 Å². The van der Waals surface area contributed by atoms with E-state index in [9.17, 15) is 5.11 Å². The Hall–Kier alpha value is -0.160. The Morgan fingerprint density at radius 3 is 2.71 bits per heavy atom. The average Bonchev–Trinajstić information content (AvgIpc) is 2.96. The Labute approximate surface area is 105 Å². The molecule has 1 heterocycles. The van der Waals surface area contributed by atoms with E-state index in [1.165, 1.54) is 32.5 Å². The molecular weight excluding hydrogens is 214 g/mol. The van der Waals surface area contributed by atoms with Gasteiger partial charge in [0, 0.05) is 24.7 Å². The lowest BCUT2D eigenvalue weighted by Crippen LogP contribution is -2.44. The van der Waals surface area contributed by atoms with Crippen molar-refractivity contribution in [1.82, 2.24) is 9.80 Å². The van der Waals surface area contributed by atoms with Gasteiger partial charge in [0.1, 0.15) is 0 Å². The number of aliphatic hydroxyl groups is 1. The van der Waals surface area contributed by atoms with Gasteiger partial charge in [0.05, 0.1) is 6.61 Å². The standard InChI is InChI=1S/C13H27N3O/c1-15(8-9-16-6-2-3-7-16)12-4-5-13(14,10-12)11-17/h12,17H,2-11,14H2,1H3. The lowest BCUT2D eigenvalue weighted by atomic mass is 10.0. The van der Waals surface area contributed by atoms with E-state index in [0.717, 1.165) is 25.8 Å². The molecule has 17 heavy (non-hydrogen) atoms. The van der Waals surface area contributed by atoms with Crippen LogP contribution in [0.5, 0.6) is 0 Å². The third-order valence-electron chi connectivity index (χ3n) is 4.52. The zero-order valence-corrected chi connectivity index (χ0v) is 11.1. The summed E-state index contributed by atoms with van der Waals surface area (Å²) in [5.41, 5.74) is 5.80. The molecule has 1 saturated carbocycles. The van der Waals surface area contributed by atoms with Crippen LogP contribution in [0.25, 0.3) is 0 Å². The Kier molecular flexibility index (Phi) is 4.42. The highest BCUT2D eigenvalue weighted by Crippen LogP contribution is 2.30. The Morgan fingerprint density at radius 1 is 1.41 bits per heavy atom. The van der Waals surface area contributed by atoms with Gasteiger partial charge >= 0.3 is 0 Å². The van der Waals surface area contributed by atoms with Gasteiger partial charge in [-0.1, -0.05) is 0 Å². The van der Waals surface area contributed by atoms with Crippen molar-refractivity contribution in [3.63, 3.8) is 0 Å². The smallest absolute Gasteiger partial charge is 0.0611 e. The molecular formula is C13H27N3O. The van der Waals surface area contributed by atoms with Crippen LogP contribution >= 0.6 is 0 Å². The first kappa shape index (κ1) is 13.3. The molecule has 0 aromatic carbocycles. The summed E-state index contributed by atoms with van der Waals surface area (Å²) in [5.74, 6) is 0. The molecule has 0 aromatic rings. The summed E-state index contributed by atoms with van der Waals surface area (Å²) in [5, 5.41) is 9.28. The van der Waals surface area contributed by atoms with Gasteiger partial charge in [0.15, 0.2) is 0 Å². The fraction of sp³-hybridized carbons (Fsp3) is 1.00. The van der Waals surface area contributed by atoms with Crippen LogP contribution in [0, 0.1) is 0 Å². The molecule has 4 heteroatoms. The van der Waals surface area contributed by atoms with Crippen molar-refractivity contribution < 1.29 is 5.11 Å². The lowest BCUT2D eigenvalue weighted by molar-refractivity contribution is 0.172. The molecule has 0 amide bonds. The maximum absolute atomic E-state index is 9.28. The van der Waals surface area contributed by atoms with Crippen LogP contribution in [0.2, 0.25) is 0 Å². The number of rotatable bonds is 5. The second-order valence-electron chi connectivity index (χ2n) is 5.95. The lowest BCUT2D eigenvalue weighted by Gasteiger charge is -2.28. The monoisotopic (exact) mass is 241 g/mol. The second-order valence-corrected chi connectivity index (χ2v) is 5.95. The van der Waals surface area contributed by atoms with E-state index in [1.54, 1.807) is 0 Å². The highest BCUT2D eigenvalue weighted by Gasteiger charge is 2.36. The normalized spacial score (nSPS) is 34.9. The summed E-state index contributed by atoms with van der Waals surface area (Å²) in [6.45, 7) is 4.99. The third-order valence-corrected chi connectivity index (χ3v) is 4.52. The molecule has 1 aliphatic heterocycles. The van der Waals surface area contributed by atoms with Crippen LogP contribution in [0.4, 0.5) is 0 Å². The van der Waals surface area contributed by atoms with Gasteiger partial charge in [-0.2, -0.15) is 0 Å². The zero-order chi connectivity index (χ0) is 12.3. The summed E-state index contributed by atoms with van der Waals surface area (Å²) in [7, 11) is 2.20. The number of hydrogen-bond acceptors (Lipinski definition) is 4. The number of likely N-dealkylation sites (tertiary alicyclic amines) is 1. The van der Waals surface area contributed by atoms with Gasteiger partial charge in [-0.15, -0.1) is 0 Å². The summed E-state index contributed by atoms with van der Waals surface area (Å²) in [4.78, 5) is 4.98. The van der Waals surface area contributed by atoms with Crippen LogP contribution in [-0.2, 0) is 0 Å². The van der Waals surface area contributed by atoms with Gasteiger partial charge < -0.3 is 20.6 Å². The first-order valence-corrected chi connectivity index (χ1v) is 6.95. The minimum absolute atomic E-state index is 0.128. The number of nitrogens with two attached hydrogens (primary N) is 1. The molecule has 3 N–H and O–H groups in total. The molecule has 2 rings (SSSR count). The van der Waals surface area contributed by atoms with Gasteiger partial charge in [-0.3, -0.25) is 0 Å². The van der Waals surface area contributed by atoms with E-state index in [-0.39, 0.29) is 12.1 Å². The van der Waals surface area contributed by atoms with Crippen LogP contribution in [0.1, 0.15) is 32.1 Å². The Balaban J connectivity index is 1.71. The molecule has 2 unspecified atom stereocenters. The first-order chi connectivity index (χ1) is 8.13. The number of aliphatic hydroxyl groups excluding tert-OH is 1. The Bertz CT molecular complexity index is 243. The highest BCUT2D eigenvalue weighted by molar-refractivity contribution is 4.96. The van der Waals surface area contributed by atoms with Gasteiger partial charge in [-0.25, -0.2) is 0 Å². The van der Waals surface area contributed by atoms with Crippen LogP contribution in [-0.4, -0.2) is 66.3 Å². The largest absolute Gasteiger partial charge is 0.394 e. The molecule has 0 radical (unpaired) electrons. The quantitative estimate of drug-likeness (QED) is 0.725. The summed E-state index contributed by atoms with van der Waals surface area (Å²) in [6, 6.07) is 0.565. The van der Waals surface area contributed by atoms with Gasteiger partial charge in [-0.05, 0) is 52.2 Å². The molecule has 4 nitrogen and oxygen atoms in total. The molecule has 0 spiro atoms. The van der Waals surface area contributed by atoms with Gasteiger partial charge in [0.25, 0.3) is 0 Å². The minimum Gasteiger partial charge on any atom is -0.394 e. The van der Waals surface area contributed by atoms with Crippen LogP contribution < -0.4 is 5.73 Å². The van der Waals surface area contributed by atoms with Crippen molar-refractivity contribution in [2.24, 2.45) is 5.73 Å². The maximum Gasteiger partial charge on any atom is 0.0611 e. The van der Waals surface area contributed by atoms with Crippen molar-refractivity contribution in [2.75, 3.05) is 39.8 Å².